The number of aromatic nitrogens is 3. The Morgan fingerprint density at radius 1 is 0.944 bits per heavy atom. The fraction of sp³-hybridized carbons (Fsp3) is 0.0714. The highest BCUT2D eigenvalue weighted by atomic mass is 16.5. The summed E-state index contributed by atoms with van der Waals surface area (Å²) in [5.74, 6) is 0.164. The predicted molar refractivity (Wildman–Crippen MR) is 138 cm³/mol. The molecule has 36 heavy (non-hydrogen) atoms. The van der Waals surface area contributed by atoms with E-state index >= 15 is 0 Å². The monoisotopic (exact) mass is 474 g/mol. The molecule has 0 aliphatic heterocycles. The van der Waals surface area contributed by atoms with Crippen LogP contribution in [0.25, 0.3) is 16.8 Å². The van der Waals surface area contributed by atoms with Gasteiger partial charge in [0.25, 0.3) is 5.91 Å². The molecule has 5 aromatic rings. The summed E-state index contributed by atoms with van der Waals surface area (Å²) in [7, 11) is 1.52. The van der Waals surface area contributed by atoms with E-state index < -0.39 is 6.10 Å². The average Bonchev–Trinajstić information content (AvgIpc) is 3.32. The molecule has 0 saturated heterocycles. The van der Waals surface area contributed by atoms with Crippen molar-refractivity contribution in [3.8, 4) is 17.2 Å². The Bertz CT molecular complexity index is 1560. The molecule has 176 valence electrons. The summed E-state index contributed by atoms with van der Waals surface area (Å²) >= 11 is 0. The van der Waals surface area contributed by atoms with Gasteiger partial charge in [-0.05, 0) is 47.5 Å². The zero-order valence-electron chi connectivity index (χ0n) is 19.4. The van der Waals surface area contributed by atoms with E-state index in [0.717, 1.165) is 16.7 Å². The van der Waals surface area contributed by atoms with Crippen LogP contribution in [0.15, 0.2) is 97.2 Å². The number of anilines is 3. The van der Waals surface area contributed by atoms with Crippen molar-refractivity contribution in [1.29, 1.82) is 5.26 Å². The highest BCUT2D eigenvalue weighted by Gasteiger charge is 2.19. The van der Waals surface area contributed by atoms with Crippen molar-refractivity contribution in [2.45, 2.75) is 6.10 Å². The van der Waals surface area contributed by atoms with Crippen LogP contribution in [0.3, 0.4) is 0 Å². The highest BCUT2D eigenvalue weighted by Crippen LogP contribution is 2.25. The first-order valence-corrected chi connectivity index (χ1v) is 11.3. The van der Waals surface area contributed by atoms with E-state index in [9.17, 15) is 10.1 Å². The first kappa shape index (κ1) is 22.8. The summed E-state index contributed by atoms with van der Waals surface area (Å²) in [6.45, 7) is 0. The minimum atomic E-state index is -0.691. The lowest BCUT2D eigenvalue weighted by Gasteiger charge is -2.16. The number of fused-ring (bicyclic) bond motifs is 1. The first-order chi connectivity index (χ1) is 17.6. The third-order valence-electron chi connectivity index (χ3n) is 5.69. The van der Waals surface area contributed by atoms with Crippen LogP contribution in [-0.2, 0) is 9.53 Å². The Labute approximate surface area is 207 Å². The lowest BCUT2D eigenvalue weighted by molar-refractivity contribution is -0.126. The van der Waals surface area contributed by atoms with Gasteiger partial charge in [0.05, 0.1) is 11.3 Å². The summed E-state index contributed by atoms with van der Waals surface area (Å²) < 4.78 is 7.09. The van der Waals surface area contributed by atoms with E-state index in [1.165, 1.54) is 7.11 Å². The molecule has 0 fully saturated rings. The maximum Gasteiger partial charge on any atom is 0.258 e. The molecule has 0 unspecified atom stereocenters. The van der Waals surface area contributed by atoms with Crippen molar-refractivity contribution < 1.29 is 9.53 Å². The second kappa shape index (κ2) is 10.1. The second-order valence-electron chi connectivity index (χ2n) is 8.03. The zero-order chi connectivity index (χ0) is 24.9. The van der Waals surface area contributed by atoms with Crippen LogP contribution in [0.2, 0.25) is 0 Å². The van der Waals surface area contributed by atoms with Gasteiger partial charge in [0, 0.05) is 24.6 Å². The van der Waals surface area contributed by atoms with Gasteiger partial charge in [0.1, 0.15) is 6.07 Å². The SMILES string of the molecule is CO[C@H](C(=O)Nc1ccc(-c2ccc3nc(Nc4ccccc4C#N)nn3c2)cc1)c1ccccc1. The molecule has 8 heteroatoms. The van der Waals surface area contributed by atoms with Crippen LogP contribution in [-0.4, -0.2) is 27.6 Å². The van der Waals surface area contributed by atoms with Crippen molar-refractivity contribution in [2.24, 2.45) is 0 Å². The molecule has 0 bridgehead atoms. The van der Waals surface area contributed by atoms with Crippen molar-refractivity contribution in [2.75, 3.05) is 17.7 Å². The molecule has 1 atom stereocenters. The maximum atomic E-state index is 12.7. The number of rotatable bonds is 7. The number of ether oxygens (including phenoxy) is 1. The Balaban J connectivity index is 1.32. The molecule has 0 spiro atoms. The third kappa shape index (κ3) is 4.78. The van der Waals surface area contributed by atoms with Crippen molar-refractivity contribution in [1.82, 2.24) is 14.6 Å². The zero-order valence-corrected chi connectivity index (χ0v) is 19.4. The molecule has 0 aliphatic carbocycles. The molecule has 1 amide bonds. The van der Waals surface area contributed by atoms with E-state index in [2.05, 4.69) is 26.8 Å². The number of carbonyl (C=O) groups is 1. The largest absolute Gasteiger partial charge is 0.367 e. The van der Waals surface area contributed by atoms with E-state index in [4.69, 9.17) is 4.74 Å². The minimum absolute atomic E-state index is 0.238. The number of para-hydroxylation sites is 1. The van der Waals surface area contributed by atoms with Crippen molar-refractivity contribution >= 4 is 28.9 Å². The number of nitrogens with zero attached hydrogens (tertiary/aromatic N) is 4. The third-order valence-corrected chi connectivity index (χ3v) is 5.69. The van der Waals surface area contributed by atoms with Gasteiger partial charge in [-0.15, -0.1) is 5.10 Å². The number of methoxy groups -OCH3 is 1. The number of hydrogen-bond donors (Lipinski definition) is 2. The summed E-state index contributed by atoms with van der Waals surface area (Å²) in [4.78, 5) is 17.2. The Kier molecular flexibility index (Phi) is 6.38. The van der Waals surface area contributed by atoms with E-state index in [1.54, 1.807) is 10.6 Å². The Hall–Kier alpha value is -5.00. The van der Waals surface area contributed by atoms with Gasteiger partial charge in [-0.3, -0.25) is 4.79 Å². The molecular weight excluding hydrogens is 452 g/mol. The quantitative estimate of drug-likeness (QED) is 0.330. The Morgan fingerprint density at radius 3 is 2.42 bits per heavy atom. The molecule has 0 radical (unpaired) electrons. The van der Waals surface area contributed by atoms with Crippen LogP contribution in [0, 0.1) is 11.3 Å². The molecular formula is C28H22N6O2. The normalized spacial score (nSPS) is 11.6. The number of benzene rings is 3. The van der Waals surface area contributed by atoms with Gasteiger partial charge >= 0.3 is 0 Å². The van der Waals surface area contributed by atoms with Crippen LogP contribution in [0.5, 0.6) is 0 Å². The lowest BCUT2D eigenvalue weighted by Crippen LogP contribution is -2.22. The molecule has 8 nitrogen and oxygen atoms in total. The topological polar surface area (TPSA) is 104 Å². The summed E-state index contributed by atoms with van der Waals surface area (Å²) in [5, 5.41) is 19.8. The first-order valence-electron chi connectivity index (χ1n) is 11.3. The van der Waals surface area contributed by atoms with Crippen molar-refractivity contribution in [3.05, 3.63) is 108 Å². The summed E-state index contributed by atoms with van der Waals surface area (Å²) in [5.41, 5.74) is 5.20. The molecule has 2 aromatic heterocycles. The number of hydrogen-bond acceptors (Lipinski definition) is 6. The van der Waals surface area contributed by atoms with E-state index in [-0.39, 0.29) is 5.91 Å². The van der Waals surface area contributed by atoms with Crippen LogP contribution in [0.1, 0.15) is 17.2 Å². The molecule has 0 saturated carbocycles. The van der Waals surface area contributed by atoms with Crippen LogP contribution in [0.4, 0.5) is 17.3 Å². The van der Waals surface area contributed by atoms with Gasteiger partial charge in [-0.2, -0.15) is 10.2 Å². The van der Waals surface area contributed by atoms with Crippen LogP contribution >= 0.6 is 0 Å². The minimum Gasteiger partial charge on any atom is -0.367 e. The molecule has 2 N–H and O–H groups in total. The van der Waals surface area contributed by atoms with Gasteiger partial charge < -0.3 is 15.4 Å². The average molecular weight is 475 g/mol. The molecule has 3 aromatic carbocycles. The maximum absolute atomic E-state index is 12.7. The fourth-order valence-electron chi connectivity index (χ4n) is 3.89. The standard InChI is InChI=1S/C28H22N6O2/c1-36-26(20-7-3-2-4-8-20)27(35)30-23-14-11-19(12-15-23)22-13-16-25-32-28(33-34(25)18-22)31-24-10-6-5-9-21(24)17-29/h2-16,18,26H,1H3,(H,30,35)(H,31,33)/t26-/m0/s1. The molecule has 5 rings (SSSR count). The fourth-order valence-corrected chi connectivity index (χ4v) is 3.89. The number of nitrogens with one attached hydrogen (secondary N) is 2. The molecule has 0 aliphatic rings. The lowest BCUT2D eigenvalue weighted by atomic mass is 10.1. The number of carbonyl (C=O) groups excluding carboxylic acids is 1. The smallest absolute Gasteiger partial charge is 0.258 e. The van der Waals surface area contributed by atoms with Gasteiger partial charge in [-0.1, -0.05) is 54.6 Å². The van der Waals surface area contributed by atoms with Crippen molar-refractivity contribution in [3.63, 3.8) is 0 Å². The Morgan fingerprint density at radius 2 is 1.67 bits per heavy atom. The van der Waals surface area contributed by atoms with E-state index in [0.29, 0.717) is 28.5 Å². The summed E-state index contributed by atoms with van der Waals surface area (Å²) in [6.07, 6.45) is 1.19. The van der Waals surface area contributed by atoms with Gasteiger partial charge in [-0.25, -0.2) is 4.52 Å². The van der Waals surface area contributed by atoms with E-state index in [1.807, 2.05) is 91.1 Å². The summed E-state index contributed by atoms with van der Waals surface area (Å²) in [6, 6.07) is 30.1. The second-order valence-corrected chi connectivity index (χ2v) is 8.03. The number of amides is 1. The predicted octanol–water partition coefficient (Wildman–Crippen LogP) is 5.34. The number of nitriles is 1. The molecule has 2 heterocycles. The van der Waals surface area contributed by atoms with Gasteiger partial charge in [0.2, 0.25) is 5.95 Å². The van der Waals surface area contributed by atoms with Gasteiger partial charge in [0.15, 0.2) is 11.8 Å². The number of pyridine rings is 1. The highest BCUT2D eigenvalue weighted by molar-refractivity contribution is 5.95. The van der Waals surface area contributed by atoms with Crippen LogP contribution < -0.4 is 10.6 Å².